The fourth-order valence-electron chi connectivity index (χ4n) is 3.57. The average molecular weight is 330 g/mol. The van der Waals surface area contributed by atoms with Crippen LogP contribution in [0.4, 0.5) is 5.69 Å². The van der Waals surface area contributed by atoms with Crippen molar-refractivity contribution in [3.05, 3.63) is 29.8 Å². The van der Waals surface area contributed by atoms with Crippen molar-refractivity contribution >= 4 is 17.5 Å². The van der Waals surface area contributed by atoms with Crippen LogP contribution in [0.1, 0.15) is 49.9 Å². The molecule has 2 amide bonds. The largest absolute Gasteiger partial charge is 0.396 e. The van der Waals surface area contributed by atoms with Crippen molar-refractivity contribution in [1.82, 2.24) is 5.32 Å². The van der Waals surface area contributed by atoms with E-state index in [1.165, 1.54) is 0 Å². The van der Waals surface area contributed by atoms with Crippen LogP contribution < -0.4 is 10.6 Å². The molecule has 0 bridgehead atoms. The first kappa shape index (κ1) is 17.0. The van der Waals surface area contributed by atoms with Crippen molar-refractivity contribution < 1.29 is 14.7 Å². The highest BCUT2D eigenvalue weighted by Crippen LogP contribution is 2.39. The Labute approximate surface area is 142 Å². The third-order valence-electron chi connectivity index (χ3n) is 5.59. The third kappa shape index (κ3) is 3.46. The predicted octanol–water partition coefficient (Wildman–Crippen LogP) is 2.56. The van der Waals surface area contributed by atoms with E-state index in [4.69, 9.17) is 0 Å². The van der Waals surface area contributed by atoms with Gasteiger partial charge in [0.2, 0.25) is 5.91 Å². The summed E-state index contributed by atoms with van der Waals surface area (Å²) in [4.78, 5) is 24.6. The molecule has 0 saturated heterocycles. The summed E-state index contributed by atoms with van der Waals surface area (Å²) in [6.07, 6.45) is 3.76. The van der Waals surface area contributed by atoms with Gasteiger partial charge in [-0.15, -0.1) is 0 Å². The molecule has 2 aliphatic carbocycles. The van der Waals surface area contributed by atoms with Gasteiger partial charge >= 0.3 is 0 Å². The van der Waals surface area contributed by atoms with Gasteiger partial charge in [0.05, 0.1) is 6.61 Å². The number of carbonyl (C=O) groups excluding carboxylic acids is 2. The summed E-state index contributed by atoms with van der Waals surface area (Å²) in [5.41, 5.74) is 0.941. The normalized spacial score (nSPS) is 31.5. The highest BCUT2D eigenvalue weighted by Gasteiger charge is 2.40. The summed E-state index contributed by atoms with van der Waals surface area (Å²) in [6.45, 7) is 4.15. The van der Waals surface area contributed by atoms with Crippen molar-refractivity contribution in [2.75, 3.05) is 11.9 Å². The third-order valence-corrected chi connectivity index (χ3v) is 5.59. The van der Waals surface area contributed by atoms with Crippen LogP contribution in [0.25, 0.3) is 0 Å². The molecule has 1 aromatic rings. The number of rotatable bonds is 5. The molecule has 2 aliphatic rings. The summed E-state index contributed by atoms with van der Waals surface area (Å²) >= 11 is 0. The molecule has 0 aromatic heterocycles. The Balaban J connectivity index is 1.65. The van der Waals surface area contributed by atoms with E-state index < -0.39 is 0 Å². The zero-order valence-electron chi connectivity index (χ0n) is 14.3. The quantitative estimate of drug-likeness (QED) is 0.776. The van der Waals surface area contributed by atoms with E-state index in [-0.39, 0.29) is 35.8 Å². The van der Waals surface area contributed by atoms with E-state index in [0.29, 0.717) is 17.2 Å². The molecule has 0 radical (unpaired) electrons. The van der Waals surface area contributed by atoms with Crippen LogP contribution in [0, 0.1) is 17.3 Å². The van der Waals surface area contributed by atoms with Crippen molar-refractivity contribution in [3.63, 3.8) is 0 Å². The first-order chi connectivity index (χ1) is 11.4. The maximum absolute atomic E-state index is 12.5. The fourth-order valence-corrected chi connectivity index (χ4v) is 3.57. The lowest BCUT2D eigenvalue weighted by Gasteiger charge is -2.30. The van der Waals surface area contributed by atoms with Crippen molar-refractivity contribution in [2.24, 2.45) is 17.3 Å². The van der Waals surface area contributed by atoms with Gasteiger partial charge in [0.1, 0.15) is 0 Å². The summed E-state index contributed by atoms with van der Waals surface area (Å²) in [5, 5.41) is 15.5. The molecule has 4 atom stereocenters. The number of benzene rings is 1. The number of aliphatic hydroxyl groups is 1. The Morgan fingerprint density at radius 3 is 2.79 bits per heavy atom. The van der Waals surface area contributed by atoms with Crippen LogP contribution in [-0.4, -0.2) is 29.6 Å². The molecular weight excluding hydrogens is 304 g/mol. The highest BCUT2D eigenvalue weighted by molar-refractivity contribution is 5.98. The number of nitrogens with one attached hydrogen (secondary N) is 2. The number of carbonyl (C=O) groups is 2. The molecule has 4 unspecified atom stereocenters. The molecule has 3 rings (SSSR count). The van der Waals surface area contributed by atoms with E-state index in [1.54, 1.807) is 24.3 Å². The molecule has 24 heavy (non-hydrogen) atoms. The maximum atomic E-state index is 12.5. The molecule has 1 aromatic carbocycles. The predicted molar refractivity (Wildman–Crippen MR) is 92.6 cm³/mol. The van der Waals surface area contributed by atoms with Crippen LogP contribution >= 0.6 is 0 Å². The van der Waals surface area contributed by atoms with Gasteiger partial charge in [-0.3, -0.25) is 9.59 Å². The number of hydrogen-bond acceptors (Lipinski definition) is 3. The van der Waals surface area contributed by atoms with E-state index in [0.717, 1.165) is 25.7 Å². The zero-order valence-corrected chi connectivity index (χ0v) is 14.3. The molecule has 3 N–H and O–H groups in total. The zero-order chi connectivity index (χ0) is 17.3. The van der Waals surface area contributed by atoms with Crippen LogP contribution in [0.5, 0.6) is 0 Å². The van der Waals surface area contributed by atoms with Gasteiger partial charge in [-0.05, 0) is 43.4 Å². The van der Waals surface area contributed by atoms with Crippen molar-refractivity contribution in [3.8, 4) is 0 Å². The molecule has 0 aliphatic heterocycles. The fraction of sp³-hybridized carbons (Fsp3) is 0.579. The minimum atomic E-state index is -0.246. The molecule has 130 valence electrons. The molecule has 0 spiro atoms. The lowest BCUT2D eigenvalue weighted by atomic mass is 9.85. The van der Waals surface area contributed by atoms with Gasteiger partial charge in [-0.1, -0.05) is 26.3 Å². The van der Waals surface area contributed by atoms with E-state index in [1.807, 2.05) is 6.92 Å². The topological polar surface area (TPSA) is 78.4 Å². The minimum Gasteiger partial charge on any atom is -0.396 e. The van der Waals surface area contributed by atoms with E-state index in [2.05, 4.69) is 17.6 Å². The molecular formula is C19H26N2O3. The second kappa shape index (κ2) is 6.55. The Morgan fingerprint density at radius 1 is 1.38 bits per heavy atom. The van der Waals surface area contributed by atoms with Gasteiger partial charge in [0, 0.05) is 28.6 Å². The lowest BCUT2D eigenvalue weighted by molar-refractivity contribution is -0.117. The summed E-state index contributed by atoms with van der Waals surface area (Å²) in [7, 11) is 0. The molecule has 2 saturated carbocycles. The van der Waals surface area contributed by atoms with Crippen LogP contribution in [-0.2, 0) is 4.79 Å². The second-order valence-electron chi connectivity index (χ2n) is 7.62. The lowest BCUT2D eigenvalue weighted by Crippen LogP contribution is -2.44. The SMILES string of the molecule is CC1CC1C(=O)Nc1cccc(C(=O)NC2CCCC2(C)CO)c1. The first-order valence-electron chi connectivity index (χ1n) is 8.75. The van der Waals surface area contributed by atoms with Crippen molar-refractivity contribution in [1.29, 1.82) is 0 Å². The molecule has 2 fully saturated rings. The Kier molecular flexibility index (Phi) is 4.63. The van der Waals surface area contributed by atoms with Gasteiger partial charge in [0.15, 0.2) is 0 Å². The summed E-state index contributed by atoms with van der Waals surface area (Å²) in [6, 6.07) is 7.03. The molecule has 5 nitrogen and oxygen atoms in total. The number of amides is 2. The average Bonchev–Trinajstić information content (AvgIpc) is 3.20. The minimum absolute atomic E-state index is 0.0134. The van der Waals surface area contributed by atoms with Crippen LogP contribution in [0.15, 0.2) is 24.3 Å². The standard InChI is InChI=1S/C19H26N2O3/c1-12-9-15(12)18(24)20-14-6-3-5-13(10-14)17(23)21-16-7-4-8-19(16,2)11-22/h3,5-6,10,12,15-16,22H,4,7-9,11H2,1-2H3,(H,20,24)(H,21,23). The maximum Gasteiger partial charge on any atom is 0.251 e. The van der Waals surface area contributed by atoms with Crippen molar-refractivity contribution in [2.45, 2.75) is 45.6 Å². The second-order valence-corrected chi connectivity index (χ2v) is 7.62. The monoisotopic (exact) mass is 330 g/mol. The highest BCUT2D eigenvalue weighted by atomic mass is 16.3. The van der Waals surface area contributed by atoms with E-state index in [9.17, 15) is 14.7 Å². The number of anilines is 1. The van der Waals surface area contributed by atoms with Gasteiger partial charge in [-0.25, -0.2) is 0 Å². The van der Waals surface area contributed by atoms with Gasteiger partial charge in [-0.2, -0.15) is 0 Å². The number of hydrogen-bond donors (Lipinski definition) is 3. The Bertz CT molecular complexity index is 645. The van der Waals surface area contributed by atoms with E-state index >= 15 is 0 Å². The van der Waals surface area contributed by atoms with Crippen LogP contribution in [0.2, 0.25) is 0 Å². The smallest absolute Gasteiger partial charge is 0.251 e. The Hall–Kier alpha value is -1.88. The Morgan fingerprint density at radius 2 is 2.12 bits per heavy atom. The first-order valence-corrected chi connectivity index (χ1v) is 8.75. The molecule has 5 heteroatoms. The van der Waals surface area contributed by atoms with Crippen LogP contribution in [0.3, 0.4) is 0 Å². The summed E-state index contributed by atoms with van der Waals surface area (Å²) in [5.74, 6) is 0.433. The van der Waals surface area contributed by atoms with Gasteiger partial charge in [0.25, 0.3) is 5.91 Å². The van der Waals surface area contributed by atoms with Gasteiger partial charge < -0.3 is 15.7 Å². The summed E-state index contributed by atoms with van der Waals surface area (Å²) < 4.78 is 0. The number of aliphatic hydroxyl groups excluding tert-OH is 1. The molecule has 0 heterocycles.